The third kappa shape index (κ3) is 3.32. The normalized spacial score (nSPS) is 15.1. The molecule has 0 saturated carbocycles. The van der Waals surface area contributed by atoms with E-state index >= 15 is 0 Å². The van der Waals surface area contributed by atoms with Crippen molar-refractivity contribution in [3.8, 4) is 0 Å². The fourth-order valence-corrected chi connectivity index (χ4v) is 3.02. The highest BCUT2D eigenvalue weighted by Gasteiger charge is 2.28. The third-order valence-corrected chi connectivity index (χ3v) is 4.27. The molecule has 0 aromatic carbocycles. The monoisotopic (exact) mass is 331 g/mol. The Hall–Kier alpha value is -2.64. The molecule has 3 heterocycles. The fourth-order valence-electron chi connectivity index (χ4n) is 3.02. The van der Waals surface area contributed by atoms with E-state index in [1.54, 1.807) is 10.9 Å². The van der Waals surface area contributed by atoms with Crippen molar-refractivity contribution >= 4 is 11.9 Å². The highest BCUT2D eigenvalue weighted by Crippen LogP contribution is 2.20. The first kappa shape index (κ1) is 16.2. The Morgan fingerprint density at radius 2 is 2.21 bits per heavy atom. The summed E-state index contributed by atoms with van der Waals surface area (Å²) in [6, 6.07) is 3.42. The number of carboxylic acid groups (broad SMARTS) is 1. The second kappa shape index (κ2) is 6.86. The maximum Gasteiger partial charge on any atom is 0.303 e. The van der Waals surface area contributed by atoms with Crippen molar-refractivity contribution < 1.29 is 14.7 Å². The fraction of sp³-hybridized carbons (Fsp3) is 0.500. The van der Waals surface area contributed by atoms with E-state index in [1.165, 1.54) is 0 Å². The number of aromatic nitrogens is 4. The minimum atomic E-state index is -0.831. The molecule has 0 bridgehead atoms. The summed E-state index contributed by atoms with van der Waals surface area (Å²) in [5.41, 5.74) is 1.71. The highest BCUT2D eigenvalue weighted by molar-refractivity contribution is 5.80. The van der Waals surface area contributed by atoms with Crippen LogP contribution in [-0.2, 0) is 29.1 Å². The molecule has 8 nitrogen and oxygen atoms in total. The van der Waals surface area contributed by atoms with Crippen LogP contribution in [0.5, 0.6) is 0 Å². The van der Waals surface area contributed by atoms with Gasteiger partial charge in [-0.2, -0.15) is 10.2 Å². The van der Waals surface area contributed by atoms with Gasteiger partial charge in [0.25, 0.3) is 0 Å². The van der Waals surface area contributed by atoms with Gasteiger partial charge in [-0.1, -0.05) is 6.92 Å². The first-order chi connectivity index (χ1) is 11.6. The van der Waals surface area contributed by atoms with Gasteiger partial charge >= 0.3 is 5.97 Å². The lowest BCUT2D eigenvalue weighted by molar-refractivity contribution is -0.137. The van der Waals surface area contributed by atoms with Crippen LogP contribution in [0.25, 0.3) is 0 Å². The molecule has 0 saturated heterocycles. The molecule has 0 fully saturated rings. The van der Waals surface area contributed by atoms with E-state index in [2.05, 4.69) is 10.2 Å². The molecule has 3 rings (SSSR count). The van der Waals surface area contributed by atoms with Crippen LogP contribution in [0.15, 0.2) is 24.5 Å². The Labute approximate surface area is 139 Å². The number of hydrogen-bond donors (Lipinski definition) is 1. The third-order valence-electron chi connectivity index (χ3n) is 4.27. The van der Waals surface area contributed by atoms with Crippen LogP contribution >= 0.6 is 0 Å². The number of hydrogen-bond acceptors (Lipinski definition) is 4. The van der Waals surface area contributed by atoms with Crippen molar-refractivity contribution in [3.05, 3.63) is 35.9 Å². The molecule has 0 radical (unpaired) electrons. The van der Waals surface area contributed by atoms with E-state index in [9.17, 15) is 9.59 Å². The smallest absolute Gasteiger partial charge is 0.303 e. The number of carbonyl (C=O) groups excluding carboxylic acids is 1. The molecule has 1 amide bonds. The number of amides is 1. The lowest BCUT2D eigenvalue weighted by atomic mass is 10.1. The molecule has 1 N–H and O–H groups in total. The summed E-state index contributed by atoms with van der Waals surface area (Å²) in [5.74, 6) is -0.775. The number of fused-ring (bicyclic) bond motifs is 1. The lowest BCUT2D eigenvalue weighted by Gasteiger charge is -2.30. The van der Waals surface area contributed by atoms with Crippen molar-refractivity contribution in [3.63, 3.8) is 0 Å². The summed E-state index contributed by atoms with van der Waals surface area (Å²) in [6.07, 6.45) is 4.64. The zero-order valence-corrected chi connectivity index (χ0v) is 13.6. The van der Waals surface area contributed by atoms with Crippen molar-refractivity contribution in [1.82, 2.24) is 24.5 Å². The number of carboxylic acids is 1. The standard InChI is InChI=1S/C16H21N5O3/c1-2-14(21-7-3-6-17-21)16(24)19-8-9-20-13(11-19)10-12(18-20)4-5-15(22)23/h3,6-7,10,14H,2,4-5,8-9,11H2,1H3,(H,22,23). The Kier molecular flexibility index (Phi) is 4.64. The van der Waals surface area contributed by atoms with Gasteiger partial charge in [0.15, 0.2) is 0 Å². The Morgan fingerprint density at radius 3 is 2.88 bits per heavy atom. The van der Waals surface area contributed by atoms with Gasteiger partial charge in [-0.05, 0) is 18.6 Å². The number of aryl methyl sites for hydroxylation is 1. The molecule has 1 aliphatic heterocycles. The second-order valence-corrected chi connectivity index (χ2v) is 5.91. The summed E-state index contributed by atoms with van der Waals surface area (Å²) >= 11 is 0. The minimum absolute atomic E-state index is 0.0562. The predicted octanol–water partition coefficient (Wildman–Crippen LogP) is 1.09. The molecule has 2 aromatic heterocycles. The van der Waals surface area contributed by atoms with Gasteiger partial charge in [0, 0.05) is 25.4 Å². The van der Waals surface area contributed by atoms with Crippen LogP contribution in [0, 0.1) is 0 Å². The maximum absolute atomic E-state index is 12.8. The first-order valence-electron chi connectivity index (χ1n) is 8.13. The van der Waals surface area contributed by atoms with Crippen LogP contribution in [0.4, 0.5) is 0 Å². The maximum atomic E-state index is 12.8. The van der Waals surface area contributed by atoms with E-state index < -0.39 is 5.97 Å². The highest BCUT2D eigenvalue weighted by atomic mass is 16.4. The van der Waals surface area contributed by atoms with E-state index in [4.69, 9.17) is 5.11 Å². The van der Waals surface area contributed by atoms with Gasteiger partial charge < -0.3 is 10.0 Å². The number of nitrogens with zero attached hydrogens (tertiary/aromatic N) is 5. The van der Waals surface area contributed by atoms with E-state index in [1.807, 2.05) is 34.8 Å². The van der Waals surface area contributed by atoms with Crippen LogP contribution in [0.2, 0.25) is 0 Å². The molecule has 24 heavy (non-hydrogen) atoms. The van der Waals surface area contributed by atoms with Crippen molar-refractivity contribution in [2.75, 3.05) is 6.54 Å². The van der Waals surface area contributed by atoms with Gasteiger partial charge in [0.1, 0.15) is 6.04 Å². The largest absolute Gasteiger partial charge is 0.481 e. The summed E-state index contributed by atoms with van der Waals surface area (Å²) in [5, 5.41) is 17.4. The number of rotatable bonds is 6. The van der Waals surface area contributed by atoms with E-state index in [-0.39, 0.29) is 18.4 Å². The van der Waals surface area contributed by atoms with Gasteiger partial charge in [-0.15, -0.1) is 0 Å². The average Bonchev–Trinajstić information content (AvgIpc) is 3.22. The Morgan fingerprint density at radius 1 is 1.38 bits per heavy atom. The SMILES string of the molecule is CCC(C(=O)N1CCn2nc(CCC(=O)O)cc2C1)n1cccn1. The van der Waals surface area contributed by atoms with Crippen LogP contribution in [-0.4, -0.2) is 48.0 Å². The Bertz CT molecular complexity index is 722. The molecular weight excluding hydrogens is 310 g/mol. The minimum Gasteiger partial charge on any atom is -0.481 e. The van der Waals surface area contributed by atoms with Gasteiger partial charge in [-0.25, -0.2) is 0 Å². The summed E-state index contributed by atoms with van der Waals surface area (Å²) in [4.78, 5) is 25.3. The van der Waals surface area contributed by atoms with Gasteiger partial charge in [0.05, 0.1) is 30.9 Å². The molecule has 0 aliphatic carbocycles. The molecule has 1 aliphatic rings. The quantitative estimate of drug-likeness (QED) is 0.855. The number of aliphatic carboxylic acids is 1. The van der Waals surface area contributed by atoms with Crippen LogP contribution in [0.3, 0.4) is 0 Å². The second-order valence-electron chi connectivity index (χ2n) is 5.91. The average molecular weight is 331 g/mol. The predicted molar refractivity (Wildman–Crippen MR) is 85.2 cm³/mol. The summed E-state index contributed by atoms with van der Waals surface area (Å²) in [6.45, 7) is 3.70. The van der Waals surface area contributed by atoms with E-state index in [0.29, 0.717) is 32.5 Å². The lowest BCUT2D eigenvalue weighted by Crippen LogP contribution is -2.42. The molecule has 1 unspecified atom stereocenters. The Balaban J connectivity index is 1.70. The topological polar surface area (TPSA) is 93.3 Å². The van der Waals surface area contributed by atoms with Crippen LogP contribution in [0.1, 0.15) is 37.2 Å². The van der Waals surface area contributed by atoms with Crippen molar-refractivity contribution in [1.29, 1.82) is 0 Å². The van der Waals surface area contributed by atoms with Crippen molar-refractivity contribution in [2.24, 2.45) is 0 Å². The first-order valence-corrected chi connectivity index (χ1v) is 8.13. The molecular formula is C16H21N5O3. The summed E-state index contributed by atoms with van der Waals surface area (Å²) in [7, 11) is 0. The van der Waals surface area contributed by atoms with Crippen LogP contribution < -0.4 is 0 Å². The number of carbonyl (C=O) groups is 2. The van der Waals surface area contributed by atoms with E-state index in [0.717, 1.165) is 11.4 Å². The molecule has 1 atom stereocenters. The van der Waals surface area contributed by atoms with Gasteiger partial charge in [0.2, 0.25) is 5.91 Å². The molecule has 128 valence electrons. The molecule has 8 heteroatoms. The summed E-state index contributed by atoms with van der Waals surface area (Å²) < 4.78 is 3.57. The zero-order chi connectivity index (χ0) is 17.1. The zero-order valence-electron chi connectivity index (χ0n) is 13.6. The molecule has 2 aromatic rings. The van der Waals surface area contributed by atoms with Crippen molar-refractivity contribution in [2.45, 2.75) is 45.3 Å². The van der Waals surface area contributed by atoms with Gasteiger partial charge in [-0.3, -0.25) is 19.0 Å². The molecule has 0 spiro atoms.